The number of nitrogens with two attached hydrogens (primary N) is 1. The topological polar surface area (TPSA) is 81.0 Å². The highest BCUT2D eigenvalue weighted by Gasteiger charge is 2.15. The lowest BCUT2D eigenvalue weighted by atomic mass is 10.0. The average molecular weight is 296 g/mol. The third kappa shape index (κ3) is 4.08. The van der Waals surface area contributed by atoms with Crippen LogP contribution in [0.3, 0.4) is 0 Å². The van der Waals surface area contributed by atoms with Gasteiger partial charge in [0.25, 0.3) is 0 Å². The molecule has 0 amide bonds. The number of H-pyrrole nitrogens is 1. The number of carbonyl (C=O) groups is 1. The van der Waals surface area contributed by atoms with Crippen LogP contribution < -0.4 is 5.73 Å². The quantitative estimate of drug-likeness (QED) is 0.826. The summed E-state index contributed by atoms with van der Waals surface area (Å²) >= 11 is 0. The molecule has 2 rings (SSSR count). The number of esters is 1. The average Bonchev–Trinajstić information content (AvgIpc) is 2.93. The first-order chi connectivity index (χ1) is 9.20. The fourth-order valence-corrected chi connectivity index (χ4v) is 1.87. The van der Waals surface area contributed by atoms with Crippen LogP contribution in [0.2, 0.25) is 0 Å². The number of rotatable bonds is 5. The van der Waals surface area contributed by atoms with Crippen LogP contribution in [0.4, 0.5) is 0 Å². The molecule has 0 radical (unpaired) electrons. The Morgan fingerprint density at radius 1 is 1.45 bits per heavy atom. The van der Waals surface area contributed by atoms with Crippen molar-refractivity contribution in [1.82, 2.24) is 10.2 Å². The maximum atomic E-state index is 11.5. The molecule has 3 N–H and O–H groups in total. The monoisotopic (exact) mass is 295 g/mol. The molecule has 6 heteroatoms. The Kier molecular flexibility index (Phi) is 6.21. The van der Waals surface area contributed by atoms with E-state index in [4.69, 9.17) is 10.5 Å². The summed E-state index contributed by atoms with van der Waals surface area (Å²) in [5.41, 5.74) is 8.76. The van der Waals surface area contributed by atoms with Crippen LogP contribution in [0.15, 0.2) is 36.5 Å². The first-order valence-corrected chi connectivity index (χ1v) is 6.21. The van der Waals surface area contributed by atoms with Crippen LogP contribution in [-0.2, 0) is 16.0 Å². The second-order valence-electron chi connectivity index (χ2n) is 4.23. The number of halogens is 1. The Morgan fingerprint density at radius 2 is 2.25 bits per heavy atom. The minimum Gasteiger partial charge on any atom is -0.465 e. The van der Waals surface area contributed by atoms with Crippen LogP contribution >= 0.6 is 12.4 Å². The van der Waals surface area contributed by atoms with Gasteiger partial charge in [-0.25, -0.2) is 0 Å². The molecular formula is C14H18ClN3O2. The fraction of sp³-hybridized carbons (Fsp3) is 0.286. The number of hydrogen-bond donors (Lipinski definition) is 2. The first-order valence-electron chi connectivity index (χ1n) is 6.21. The molecule has 1 unspecified atom stereocenters. The second kappa shape index (κ2) is 7.67. The summed E-state index contributed by atoms with van der Waals surface area (Å²) < 4.78 is 4.90. The Labute approximate surface area is 123 Å². The molecule has 0 aliphatic rings. The van der Waals surface area contributed by atoms with E-state index in [2.05, 4.69) is 10.2 Å². The number of nitrogens with zero attached hydrogens (tertiary/aromatic N) is 1. The van der Waals surface area contributed by atoms with Crippen molar-refractivity contribution in [1.29, 1.82) is 0 Å². The molecular weight excluding hydrogens is 278 g/mol. The minimum absolute atomic E-state index is 0. The lowest BCUT2D eigenvalue weighted by molar-refractivity contribution is -0.144. The summed E-state index contributed by atoms with van der Waals surface area (Å²) in [6, 6.07) is 9.11. The van der Waals surface area contributed by atoms with Gasteiger partial charge in [-0.1, -0.05) is 18.2 Å². The van der Waals surface area contributed by atoms with Crippen molar-refractivity contribution in [3.8, 4) is 11.3 Å². The van der Waals surface area contributed by atoms with Gasteiger partial charge in [-0.3, -0.25) is 9.89 Å². The van der Waals surface area contributed by atoms with Crippen molar-refractivity contribution >= 4 is 18.4 Å². The second-order valence-corrected chi connectivity index (χ2v) is 4.23. The van der Waals surface area contributed by atoms with Crippen LogP contribution in [-0.4, -0.2) is 28.8 Å². The molecule has 1 heterocycles. The van der Waals surface area contributed by atoms with Crippen molar-refractivity contribution in [2.75, 3.05) is 6.61 Å². The third-order valence-corrected chi connectivity index (χ3v) is 2.78. The molecule has 0 aliphatic carbocycles. The van der Waals surface area contributed by atoms with E-state index in [0.29, 0.717) is 13.0 Å². The van der Waals surface area contributed by atoms with Crippen LogP contribution in [0, 0.1) is 0 Å². The van der Waals surface area contributed by atoms with Crippen molar-refractivity contribution < 1.29 is 9.53 Å². The number of benzene rings is 1. The molecule has 0 spiro atoms. The number of aromatic nitrogens is 2. The molecule has 1 atom stereocenters. The molecule has 5 nitrogen and oxygen atoms in total. The lowest BCUT2D eigenvalue weighted by Gasteiger charge is -2.11. The highest BCUT2D eigenvalue weighted by molar-refractivity contribution is 5.85. The van der Waals surface area contributed by atoms with Crippen molar-refractivity contribution in [3.63, 3.8) is 0 Å². The fourth-order valence-electron chi connectivity index (χ4n) is 1.87. The molecule has 0 bridgehead atoms. The zero-order valence-corrected chi connectivity index (χ0v) is 12.0. The van der Waals surface area contributed by atoms with Gasteiger partial charge in [0.05, 0.1) is 12.3 Å². The summed E-state index contributed by atoms with van der Waals surface area (Å²) in [4.78, 5) is 11.5. The molecule has 1 aromatic carbocycles. The van der Waals surface area contributed by atoms with Gasteiger partial charge in [0.15, 0.2) is 0 Å². The van der Waals surface area contributed by atoms with E-state index in [-0.39, 0.29) is 18.4 Å². The van der Waals surface area contributed by atoms with Crippen LogP contribution in [0.5, 0.6) is 0 Å². The Hall–Kier alpha value is -1.85. The van der Waals surface area contributed by atoms with E-state index < -0.39 is 6.04 Å². The van der Waals surface area contributed by atoms with Gasteiger partial charge in [0.1, 0.15) is 6.04 Å². The van der Waals surface area contributed by atoms with E-state index in [9.17, 15) is 4.79 Å². The number of ether oxygens (including phenoxy) is 1. The first kappa shape index (κ1) is 16.2. The van der Waals surface area contributed by atoms with E-state index in [1.807, 2.05) is 30.3 Å². The SMILES string of the molecule is CCOC(=O)C(N)Cc1cccc(-c2ccn[nH]2)c1.Cl. The van der Waals surface area contributed by atoms with Crippen LogP contribution in [0.25, 0.3) is 11.3 Å². The third-order valence-electron chi connectivity index (χ3n) is 2.78. The number of aromatic amines is 1. The maximum absolute atomic E-state index is 11.5. The van der Waals surface area contributed by atoms with E-state index in [0.717, 1.165) is 16.8 Å². The molecule has 20 heavy (non-hydrogen) atoms. The number of carbonyl (C=O) groups excluding carboxylic acids is 1. The predicted octanol–water partition coefficient (Wildman–Crippen LogP) is 1.93. The molecule has 2 aromatic rings. The summed E-state index contributed by atoms with van der Waals surface area (Å²) in [5.74, 6) is -0.366. The largest absolute Gasteiger partial charge is 0.465 e. The zero-order chi connectivity index (χ0) is 13.7. The van der Waals surface area contributed by atoms with Gasteiger partial charge in [-0.2, -0.15) is 5.10 Å². The number of nitrogens with one attached hydrogen (secondary N) is 1. The lowest BCUT2D eigenvalue weighted by Crippen LogP contribution is -2.34. The summed E-state index contributed by atoms with van der Waals surface area (Å²) in [7, 11) is 0. The van der Waals surface area contributed by atoms with Gasteiger partial charge in [0, 0.05) is 6.20 Å². The Morgan fingerprint density at radius 3 is 2.90 bits per heavy atom. The summed E-state index contributed by atoms with van der Waals surface area (Å²) in [6.45, 7) is 2.12. The Bertz CT molecular complexity index is 543. The number of hydrogen-bond acceptors (Lipinski definition) is 4. The van der Waals surface area contributed by atoms with Gasteiger partial charge in [0.2, 0.25) is 0 Å². The van der Waals surface area contributed by atoms with E-state index in [1.54, 1.807) is 13.1 Å². The standard InChI is InChI=1S/C14H17N3O2.ClH/c1-2-19-14(18)12(15)9-10-4-3-5-11(8-10)13-6-7-16-17-13;/h3-8,12H,2,9,15H2,1H3,(H,16,17);1H. The smallest absolute Gasteiger partial charge is 0.323 e. The molecule has 1 aromatic heterocycles. The molecule has 0 saturated carbocycles. The van der Waals surface area contributed by atoms with Crippen molar-refractivity contribution in [3.05, 3.63) is 42.1 Å². The zero-order valence-electron chi connectivity index (χ0n) is 11.2. The molecule has 0 saturated heterocycles. The van der Waals surface area contributed by atoms with Gasteiger partial charge in [-0.15, -0.1) is 12.4 Å². The van der Waals surface area contributed by atoms with Crippen molar-refractivity contribution in [2.24, 2.45) is 5.73 Å². The highest BCUT2D eigenvalue weighted by Crippen LogP contribution is 2.18. The maximum Gasteiger partial charge on any atom is 0.323 e. The van der Waals surface area contributed by atoms with Gasteiger partial charge >= 0.3 is 5.97 Å². The molecule has 108 valence electrons. The molecule has 0 fully saturated rings. The van der Waals surface area contributed by atoms with Gasteiger partial charge in [-0.05, 0) is 36.6 Å². The van der Waals surface area contributed by atoms with E-state index >= 15 is 0 Å². The van der Waals surface area contributed by atoms with Crippen molar-refractivity contribution in [2.45, 2.75) is 19.4 Å². The highest BCUT2D eigenvalue weighted by atomic mass is 35.5. The summed E-state index contributed by atoms with van der Waals surface area (Å²) in [5, 5.41) is 6.82. The van der Waals surface area contributed by atoms with Crippen LogP contribution in [0.1, 0.15) is 12.5 Å². The Balaban J connectivity index is 0.00000200. The van der Waals surface area contributed by atoms with Gasteiger partial charge < -0.3 is 10.5 Å². The minimum atomic E-state index is -0.628. The predicted molar refractivity (Wildman–Crippen MR) is 79.6 cm³/mol. The summed E-state index contributed by atoms with van der Waals surface area (Å²) in [6.07, 6.45) is 2.16. The normalized spacial score (nSPS) is 11.5. The van der Waals surface area contributed by atoms with E-state index in [1.165, 1.54) is 0 Å². The molecule has 0 aliphatic heterocycles.